The second-order valence-electron chi connectivity index (χ2n) is 4.34. The van der Waals surface area contributed by atoms with Crippen molar-refractivity contribution < 1.29 is 13.6 Å². The molecule has 0 atom stereocenters. The van der Waals surface area contributed by atoms with Crippen molar-refractivity contribution in [1.82, 2.24) is 5.32 Å². The molecule has 0 saturated heterocycles. The lowest BCUT2D eigenvalue weighted by Gasteiger charge is -2.14. The zero-order valence-corrected chi connectivity index (χ0v) is 9.86. The summed E-state index contributed by atoms with van der Waals surface area (Å²) < 4.78 is 26.6. The molecule has 1 aromatic carbocycles. The van der Waals surface area contributed by atoms with E-state index in [4.69, 9.17) is 11.6 Å². The Morgan fingerprint density at radius 1 is 1.35 bits per heavy atom. The predicted molar refractivity (Wildman–Crippen MR) is 60.9 cm³/mol. The van der Waals surface area contributed by atoms with Crippen LogP contribution >= 0.6 is 11.6 Å². The van der Waals surface area contributed by atoms with Crippen LogP contribution in [0.25, 0.3) is 0 Å². The monoisotopic (exact) mass is 259 g/mol. The summed E-state index contributed by atoms with van der Waals surface area (Å²) >= 11 is 5.70. The Kier molecular flexibility index (Phi) is 3.33. The maximum Gasteiger partial charge on any atom is 0.225 e. The number of alkyl halides is 1. The summed E-state index contributed by atoms with van der Waals surface area (Å²) in [5.41, 5.74) is -0.546. The third-order valence-electron chi connectivity index (χ3n) is 2.91. The van der Waals surface area contributed by atoms with Gasteiger partial charge in [-0.15, -0.1) is 11.6 Å². The fourth-order valence-electron chi connectivity index (χ4n) is 1.64. The average molecular weight is 260 g/mol. The molecule has 1 aliphatic carbocycles. The summed E-state index contributed by atoms with van der Waals surface area (Å²) in [6.45, 7) is 0. The molecule has 17 heavy (non-hydrogen) atoms. The molecule has 0 unspecified atom stereocenters. The van der Waals surface area contributed by atoms with Gasteiger partial charge in [0.25, 0.3) is 0 Å². The zero-order chi connectivity index (χ0) is 12.5. The van der Waals surface area contributed by atoms with Gasteiger partial charge in [0.15, 0.2) is 0 Å². The van der Waals surface area contributed by atoms with E-state index in [1.165, 1.54) is 6.07 Å². The minimum Gasteiger partial charge on any atom is -0.349 e. The highest BCUT2D eigenvalue weighted by atomic mass is 35.5. The van der Waals surface area contributed by atoms with Gasteiger partial charge in [0.05, 0.1) is 12.0 Å². The first-order valence-electron chi connectivity index (χ1n) is 5.36. The lowest BCUT2D eigenvalue weighted by Crippen LogP contribution is -2.39. The van der Waals surface area contributed by atoms with Crippen molar-refractivity contribution in [3.8, 4) is 0 Å². The number of amides is 1. The van der Waals surface area contributed by atoms with Crippen LogP contribution in [0.2, 0.25) is 0 Å². The van der Waals surface area contributed by atoms with Gasteiger partial charge in [0.1, 0.15) is 11.6 Å². The molecule has 5 heteroatoms. The lowest BCUT2D eigenvalue weighted by molar-refractivity contribution is -0.121. The van der Waals surface area contributed by atoms with Crippen molar-refractivity contribution in [2.24, 2.45) is 0 Å². The second-order valence-corrected chi connectivity index (χ2v) is 4.61. The minimum absolute atomic E-state index is 0.199. The standard InChI is InChI=1S/C12H12ClF2NO/c13-7-12(4-5-12)16-11(17)6-8-9(14)2-1-3-10(8)15/h1-3H,4-7H2,(H,16,17). The largest absolute Gasteiger partial charge is 0.349 e. The molecule has 2 nitrogen and oxygen atoms in total. The third-order valence-corrected chi connectivity index (χ3v) is 3.42. The highest BCUT2D eigenvalue weighted by molar-refractivity contribution is 6.19. The highest BCUT2D eigenvalue weighted by Crippen LogP contribution is 2.36. The lowest BCUT2D eigenvalue weighted by atomic mass is 10.1. The van der Waals surface area contributed by atoms with E-state index < -0.39 is 17.5 Å². The second kappa shape index (κ2) is 4.61. The Bertz CT molecular complexity index is 426. The van der Waals surface area contributed by atoms with E-state index in [0.717, 1.165) is 25.0 Å². The van der Waals surface area contributed by atoms with Crippen molar-refractivity contribution in [3.05, 3.63) is 35.4 Å². The molecule has 1 aromatic rings. The Morgan fingerprint density at radius 2 is 1.94 bits per heavy atom. The number of hydrogen-bond acceptors (Lipinski definition) is 1. The van der Waals surface area contributed by atoms with Gasteiger partial charge in [-0.05, 0) is 25.0 Å². The van der Waals surface area contributed by atoms with Crippen LogP contribution in [0.3, 0.4) is 0 Å². The van der Waals surface area contributed by atoms with E-state index in [1.807, 2.05) is 0 Å². The number of rotatable bonds is 4. The number of benzene rings is 1. The Morgan fingerprint density at radius 3 is 2.41 bits per heavy atom. The first-order valence-corrected chi connectivity index (χ1v) is 5.90. The molecule has 0 heterocycles. The average Bonchev–Trinajstić information content (AvgIpc) is 3.04. The van der Waals surface area contributed by atoms with Gasteiger partial charge < -0.3 is 5.32 Å². The molecule has 0 spiro atoms. The molecule has 0 bridgehead atoms. The van der Waals surface area contributed by atoms with Crippen LogP contribution < -0.4 is 5.32 Å². The van der Waals surface area contributed by atoms with E-state index in [0.29, 0.717) is 5.88 Å². The molecule has 0 aliphatic heterocycles. The molecule has 0 radical (unpaired) electrons. The van der Waals surface area contributed by atoms with E-state index in [9.17, 15) is 13.6 Å². The van der Waals surface area contributed by atoms with E-state index in [2.05, 4.69) is 5.32 Å². The number of nitrogens with one attached hydrogen (secondary N) is 1. The quantitative estimate of drug-likeness (QED) is 0.827. The Labute approximate surface area is 103 Å². The van der Waals surface area contributed by atoms with Gasteiger partial charge in [-0.1, -0.05) is 6.07 Å². The van der Waals surface area contributed by atoms with Gasteiger partial charge in [-0.3, -0.25) is 4.79 Å². The highest BCUT2D eigenvalue weighted by Gasteiger charge is 2.43. The molecule has 1 fully saturated rings. The smallest absolute Gasteiger partial charge is 0.225 e. The van der Waals surface area contributed by atoms with Crippen LogP contribution in [0, 0.1) is 11.6 Å². The van der Waals surface area contributed by atoms with E-state index in [-0.39, 0.29) is 17.5 Å². The minimum atomic E-state index is -0.698. The van der Waals surface area contributed by atoms with E-state index in [1.54, 1.807) is 0 Å². The van der Waals surface area contributed by atoms with Crippen molar-refractivity contribution >= 4 is 17.5 Å². The van der Waals surface area contributed by atoms with Crippen molar-refractivity contribution in [2.75, 3.05) is 5.88 Å². The number of hydrogen-bond donors (Lipinski definition) is 1. The van der Waals surface area contributed by atoms with Crippen LogP contribution in [-0.4, -0.2) is 17.3 Å². The molecule has 92 valence electrons. The molecule has 1 amide bonds. The Balaban J connectivity index is 2.03. The van der Waals surface area contributed by atoms with Crippen molar-refractivity contribution in [1.29, 1.82) is 0 Å². The number of carbonyl (C=O) groups is 1. The number of halogens is 3. The first-order chi connectivity index (χ1) is 8.06. The summed E-state index contributed by atoms with van der Waals surface area (Å²) in [6.07, 6.45) is 1.35. The molecule has 1 saturated carbocycles. The molecule has 1 N–H and O–H groups in total. The van der Waals surface area contributed by atoms with Gasteiger partial charge in [0.2, 0.25) is 5.91 Å². The molecular weight excluding hydrogens is 248 g/mol. The van der Waals surface area contributed by atoms with Gasteiger partial charge >= 0.3 is 0 Å². The maximum absolute atomic E-state index is 13.3. The summed E-state index contributed by atoms with van der Waals surface area (Å²) in [7, 11) is 0. The summed E-state index contributed by atoms with van der Waals surface area (Å²) in [5.74, 6) is -1.46. The van der Waals surface area contributed by atoms with Crippen molar-refractivity contribution in [2.45, 2.75) is 24.8 Å². The van der Waals surface area contributed by atoms with Crippen molar-refractivity contribution in [3.63, 3.8) is 0 Å². The molecular formula is C12H12ClF2NO. The predicted octanol–water partition coefficient (Wildman–Crippen LogP) is 2.39. The normalized spacial score (nSPS) is 16.6. The SMILES string of the molecule is O=C(Cc1c(F)cccc1F)NC1(CCl)CC1. The van der Waals surface area contributed by atoms with E-state index >= 15 is 0 Å². The van der Waals surface area contributed by atoms with Crippen LogP contribution in [0.15, 0.2) is 18.2 Å². The van der Waals surface area contributed by atoms with Crippen LogP contribution in [0.4, 0.5) is 8.78 Å². The third kappa shape index (κ3) is 2.75. The molecule has 1 aliphatic rings. The summed E-state index contributed by atoms with van der Waals surface area (Å²) in [6, 6.07) is 3.55. The maximum atomic E-state index is 13.3. The van der Waals surface area contributed by atoms with Gasteiger partial charge in [-0.2, -0.15) is 0 Å². The van der Waals surface area contributed by atoms with Crippen LogP contribution in [0.1, 0.15) is 18.4 Å². The topological polar surface area (TPSA) is 29.1 Å². The fourth-order valence-corrected chi connectivity index (χ4v) is 1.98. The summed E-state index contributed by atoms with van der Waals surface area (Å²) in [4.78, 5) is 11.6. The van der Waals surface area contributed by atoms with Crippen LogP contribution in [-0.2, 0) is 11.2 Å². The summed E-state index contributed by atoms with van der Waals surface area (Å²) in [5, 5.41) is 2.72. The fraction of sp³-hybridized carbons (Fsp3) is 0.417. The zero-order valence-electron chi connectivity index (χ0n) is 9.10. The molecule has 2 rings (SSSR count). The first kappa shape index (κ1) is 12.3. The van der Waals surface area contributed by atoms with Gasteiger partial charge in [0, 0.05) is 11.4 Å². The van der Waals surface area contributed by atoms with Gasteiger partial charge in [-0.25, -0.2) is 8.78 Å². The van der Waals surface area contributed by atoms with Crippen LogP contribution in [0.5, 0.6) is 0 Å². The Hall–Kier alpha value is -1.16. The number of carbonyl (C=O) groups excluding carboxylic acids is 1. The molecule has 0 aromatic heterocycles.